The van der Waals surface area contributed by atoms with Gasteiger partial charge in [-0.1, -0.05) is 30.5 Å². The smallest absolute Gasteiger partial charge is 0.254 e. The Balaban J connectivity index is 1.59. The number of carbonyl (C=O) groups excluding carboxylic acids is 3. The van der Waals surface area contributed by atoms with Crippen molar-refractivity contribution < 1.29 is 19.1 Å². The third-order valence-electron chi connectivity index (χ3n) is 6.11. The van der Waals surface area contributed by atoms with Crippen molar-refractivity contribution in [2.24, 2.45) is 0 Å². The summed E-state index contributed by atoms with van der Waals surface area (Å²) >= 11 is 6.00. The van der Waals surface area contributed by atoms with E-state index in [0.717, 1.165) is 25.7 Å². The summed E-state index contributed by atoms with van der Waals surface area (Å²) in [6, 6.07) is 12.5. The highest BCUT2D eigenvalue weighted by Crippen LogP contribution is 2.31. The van der Waals surface area contributed by atoms with Crippen molar-refractivity contribution >= 4 is 35.0 Å². The first kappa shape index (κ1) is 22.1. The lowest BCUT2D eigenvalue weighted by Gasteiger charge is -2.48. The van der Waals surface area contributed by atoms with E-state index in [1.165, 1.54) is 0 Å². The van der Waals surface area contributed by atoms with Crippen LogP contribution in [0.25, 0.3) is 0 Å². The summed E-state index contributed by atoms with van der Waals surface area (Å²) in [7, 11) is 1.56. The number of halogens is 1. The minimum absolute atomic E-state index is 0.0920. The average Bonchev–Trinajstić information content (AvgIpc) is 2.79. The van der Waals surface area contributed by atoms with Gasteiger partial charge in [0.25, 0.3) is 5.91 Å². The van der Waals surface area contributed by atoms with Crippen LogP contribution in [0.4, 0.5) is 5.69 Å². The van der Waals surface area contributed by atoms with E-state index in [1.54, 1.807) is 60.5 Å². The van der Waals surface area contributed by atoms with Crippen LogP contribution in [0.5, 0.6) is 5.75 Å². The van der Waals surface area contributed by atoms with Crippen molar-refractivity contribution in [2.45, 2.75) is 50.2 Å². The van der Waals surface area contributed by atoms with Crippen molar-refractivity contribution in [3.05, 3.63) is 59.1 Å². The van der Waals surface area contributed by atoms with E-state index >= 15 is 0 Å². The summed E-state index contributed by atoms with van der Waals surface area (Å²) in [6.45, 7) is 0. The molecule has 1 aliphatic heterocycles. The zero-order chi connectivity index (χ0) is 22.7. The largest absolute Gasteiger partial charge is 0.497 e. The van der Waals surface area contributed by atoms with Gasteiger partial charge in [0.05, 0.1) is 19.6 Å². The lowest BCUT2D eigenvalue weighted by atomic mass is 9.84. The molecule has 1 saturated heterocycles. The predicted molar refractivity (Wildman–Crippen MR) is 122 cm³/mol. The third-order valence-corrected chi connectivity index (χ3v) is 6.35. The van der Waals surface area contributed by atoms with Gasteiger partial charge in [-0.2, -0.15) is 0 Å². The fraction of sp³-hybridized carbons (Fsp3) is 0.375. The zero-order valence-electron chi connectivity index (χ0n) is 17.8. The molecule has 3 atom stereocenters. The second-order valence-electron chi connectivity index (χ2n) is 8.19. The molecule has 0 unspecified atom stereocenters. The number of benzene rings is 2. The maximum atomic E-state index is 13.6. The molecule has 1 saturated carbocycles. The molecule has 4 rings (SSSR count). The number of rotatable bonds is 5. The number of nitrogens with one attached hydrogen (secondary N) is 2. The molecule has 168 valence electrons. The van der Waals surface area contributed by atoms with Gasteiger partial charge in [0.1, 0.15) is 11.8 Å². The van der Waals surface area contributed by atoms with E-state index in [4.69, 9.17) is 16.3 Å². The van der Waals surface area contributed by atoms with Crippen LogP contribution < -0.4 is 15.4 Å². The number of carbonyl (C=O) groups is 3. The SMILES string of the molecule is COc1ccc(C(=O)N2[C@H](CC(=O)Nc3cccc(Cl)c3)C(=O)N[C@@H]3CCCC[C@@H]32)cc1. The van der Waals surface area contributed by atoms with Gasteiger partial charge in [0.2, 0.25) is 11.8 Å². The van der Waals surface area contributed by atoms with Gasteiger partial charge >= 0.3 is 0 Å². The molecule has 3 amide bonds. The van der Waals surface area contributed by atoms with E-state index in [2.05, 4.69) is 10.6 Å². The van der Waals surface area contributed by atoms with Crippen LogP contribution in [0.3, 0.4) is 0 Å². The molecule has 2 N–H and O–H groups in total. The molecule has 2 fully saturated rings. The zero-order valence-corrected chi connectivity index (χ0v) is 18.6. The van der Waals surface area contributed by atoms with Crippen LogP contribution in [-0.4, -0.2) is 47.9 Å². The van der Waals surface area contributed by atoms with Crippen LogP contribution in [0.1, 0.15) is 42.5 Å². The summed E-state index contributed by atoms with van der Waals surface area (Å²) in [5, 5.41) is 6.33. The number of anilines is 1. The quantitative estimate of drug-likeness (QED) is 0.720. The Labute approximate surface area is 192 Å². The van der Waals surface area contributed by atoms with E-state index < -0.39 is 6.04 Å². The van der Waals surface area contributed by atoms with Crippen LogP contribution in [-0.2, 0) is 9.59 Å². The Hall–Kier alpha value is -3.06. The number of fused-ring (bicyclic) bond motifs is 1. The summed E-state index contributed by atoms with van der Waals surface area (Å²) in [5.74, 6) is -0.253. The van der Waals surface area contributed by atoms with E-state index in [-0.39, 0.29) is 36.2 Å². The summed E-state index contributed by atoms with van der Waals surface area (Å²) < 4.78 is 5.18. The standard InChI is InChI=1S/C24H26ClN3O4/c1-32-18-11-9-15(10-12-18)24(31)28-20-8-3-2-7-19(20)27-23(30)21(28)14-22(29)26-17-6-4-5-16(25)13-17/h4-6,9-13,19-21H,2-3,7-8,14H2,1H3,(H,26,29)(H,27,30)/t19-,20+,21-/m1/s1. The second kappa shape index (κ2) is 9.61. The molecular formula is C24H26ClN3O4. The number of hydrogen-bond donors (Lipinski definition) is 2. The van der Waals surface area contributed by atoms with Crippen molar-refractivity contribution in [1.82, 2.24) is 10.2 Å². The third kappa shape index (κ3) is 4.72. The monoisotopic (exact) mass is 455 g/mol. The Morgan fingerprint density at radius 1 is 1.16 bits per heavy atom. The van der Waals surface area contributed by atoms with Crippen LogP contribution in [0.2, 0.25) is 5.02 Å². The maximum Gasteiger partial charge on any atom is 0.254 e. The summed E-state index contributed by atoms with van der Waals surface area (Å²) in [5.41, 5.74) is 1.01. The van der Waals surface area contributed by atoms with Gasteiger partial charge < -0.3 is 20.3 Å². The summed E-state index contributed by atoms with van der Waals surface area (Å²) in [6.07, 6.45) is 3.46. The first-order chi connectivity index (χ1) is 15.5. The van der Waals surface area contributed by atoms with Gasteiger partial charge in [-0.25, -0.2) is 0 Å². The molecule has 0 aromatic heterocycles. The molecule has 2 aromatic carbocycles. The molecule has 0 spiro atoms. The molecule has 0 bridgehead atoms. The van der Waals surface area contributed by atoms with Crippen molar-refractivity contribution in [2.75, 3.05) is 12.4 Å². The first-order valence-electron chi connectivity index (χ1n) is 10.8. The number of hydrogen-bond acceptors (Lipinski definition) is 4. The minimum Gasteiger partial charge on any atom is -0.497 e. The van der Waals surface area contributed by atoms with E-state index in [0.29, 0.717) is 22.0 Å². The number of nitrogens with zero attached hydrogens (tertiary/aromatic N) is 1. The highest BCUT2D eigenvalue weighted by molar-refractivity contribution is 6.30. The molecular weight excluding hydrogens is 430 g/mol. The fourth-order valence-electron chi connectivity index (χ4n) is 4.57. The number of ether oxygens (including phenoxy) is 1. The maximum absolute atomic E-state index is 13.6. The van der Waals surface area contributed by atoms with Crippen LogP contribution in [0, 0.1) is 0 Å². The Kier molecular flexibility index (Phi) is 6.65. The molecule has 7 nitrogen and oxygen atoms in total. The van der Waals surface area contributed by atoms with Crippen molar-refractivity contribution in [3.8, 4) is 5.75 Å². The van der Waals surface area contributed by atoms with Crippen LogP contribution >= 0.6 is 11.6 Å². The second-order valence-corrected chi connectivity index (χ2v) is 8.62. The lowest BCUT2D eigenvalue weighted by Crippen LogP contribution is -2.68. The Morgan fingerprint density at radius 3 is 2.62 bits per heavy atom. The topological polar surface area (TPSA) is 87.7 Å². The van der Waals surface area contributed by atoms with Gasteiger partial charge in [-0.05, 0) is 55.3 Å². The predicted octanol–water partition coefficient (Wildman–Crippen LogP) is 3.63. The number of amides is 3. The molecule has 2 aromatic rings. The molecule has 1 aliphatic carbocycles. The van der Waals surface area contributed by atoms with E-state index in [1.807, 2.05) is 0 Å². The van der Waals surface area contributed by atoms with Gasteiger partial charge in [0.15, 0.2) is 0 Å². The van der Waals surface area contributed by atoms with E-state index in [9.17, 15) is 14.4 Å². The first-order valence-corrected chi connectivity index (χ1v) is 11.2. The normalized spacial score (nSPS) is 22.5. The summed E-state index contributed by atoms with van der Waals surface area (Å²) in [4.78, 5) is 41.0. The molecule has 1 heterocycles. The van der Waals surface area contributed by atoms with Gasteiger partial charge in [0, 0.05) is 22.3 Å². The molecule has 32 heavy (non-hydrogen) atoms. The average molecular weight is 456 g/mol. The van der Waals surface area contributed by atoms with Gasteiger partial charge in [-0.15, -0.1) is 0 Å². The fourth-order valence-corrected chi connectivity index (χ4v) is 4.76. The number of methoxy groups -OCH3 is 1. The number of piperazine rings is 1. The highest BCUT2D eigenvalue weighted by Gasteiger charge is 2.46. The molecule has 2 aliphatic rings. The Morgan fingerprint density at radius 2 is 1.91 bits per heavy atom. The molecule has 0 radical (unpaired) electrons. The van der Waals surface area contributed by atoms with Gasteiger partial charge in [-0.3, -0.25) is 14.4 Å². The lowest BCUT2D eigenvalue weighted by molar-refractivity contribution is -0.135. The molecule has 8 heteroatoms. The Bertz CT molecular complexity index is 1010. The van der Waals surface area contributed by atoms with Crippen molar-refractivity contribution in [3.63, 3.8) is 0 Å². The van der Waals surface area contributed by atoms with Crippen molar-refractivity contribution in [1.29, 1.82) is 0 Å². The van der Waals surface area contributed by atoms with Crippen LogP contribution in [0.15, 0.2) is 48.5 Å². The minimum atomic E-state index is -0.886. The highest BCUT2D eigenvalue weighted by atomic mass is 35.5.